The summed E-state index contributed by atoms with van der Waals surface area (Å²) in [6.45, 7) is 4.63. The van der Waals surface area contributed by atoms with Gasteiger partial charge < -0.3 is 18.9 Å². The van der Waals surface area contributed by atoms with E-state index in [4.69, 9.17) is 18.9 Å². The summed E-state index contributed by atoms with van der Waals surface area (Å²) in [6.07, 6.45) is -0.510. The molecule has 0 saturated carbocycles. The maximum absolute atomic E-state index is 11.6. The maximum atomic E-state index is 11.6. The molecule has 1 saturated heterocycles. The van der Waals surface area contributed by atoms with E-state index in [2.05, 4.69) is 6.92 Å². The molecule has 5 nitrogen and oxygen atoms in total. The molecule has 23 heavy (non-hydrogen) atoms. The summed E-state index contributed by atoms with van der Waals surface area (Å²) in [6, 6.07) is 10.0. The van der Waals surface area contributed by atoms with Crippen molar-refractivity contribution in [1.29, 1.82) is 0 Å². The Morgan fingerprint density at radius 2 is 1.83 bits per heavy atom. The lowest BCUT2D eigenvalue weighted by Gasteiger charge is -2.43. The molecular weight excluding hydrogens is 296 g/mol. The largest absolute Gasteiger partial charge is 0.469 e. The van der Waals surface area contributed by atoms with Gasteiger partial charge in [-0.1, -0.05) is 44.2 Å². The van der Waals surface area contributed by atoms with Crippen molar-refractivity contribution in [1.82, 2.24) is 0 Å². The molecule has 0 bridgehead atoms. The first-order valence-electron chi connectivity index (χ1n) is 7.97. The van der Waals surface area contributed by atoms with Crippen molar-refractivity contribution in [2.24, 2.45) is 11.8 Å². The normalized spacial score (nSPS) is 30.9. The number of esters is 1. The Kier molecular flexibility index (Phi) is 6.57. The zero-order valence-corrected chi connectivity index (χ0v) is 14.2. The summed E-state index contributed by atoms with van der Waals surface area (Å²) in [5.41, 5.74) is 1.12. The molecule has 5 heteroatoms. The summed E-state index contributed by atoms with van der Waals surface area (Å²) < 4.78 is 22.3. The van der Waals surface area contributed by atoms with Gasteiger partial charge in [-0.2, -0.15) is 0 Å². The molecular formula is C18H26O5. The highest BCUT2D eigenvalue weighted by atomic mass is 16.7. The smallest absolute Gasteiger partial charge is 0.308 e. The van der Waals surface area contributed by atoms with Crippen LogP contribution in [0.2, 0.25) is 0 Å². The Bertz CT molecular complexity index is 489. The lowest BCUT2D eigenvalue weighted by Crippen LogP contribution is -2.51. The Balaban J connectivity index is 2.05. The Labute approximate surface area is 137 Å². The van der Waals surface area contributed by atoms with Crippen LogP contribution in [0.4, 0.5) is 0 Å². The third-order valence-electron chi connectivity index (χ3n) is 4.47. The van der Waals surface area contributed by atoms with Gasteiger partial charge in [0.25, 0.3) is 0 Å². The van der Waals surface area contributed by atoms with Gasteiger partial charge in [-0.15, -0.1) is 0 Å². The van der Waals surface area contributed by atoms with Crippen LogP contribution in [0.25, 0.3) is 0 Å². The van der Waals surface area contributed by atoms with E-state index in [1.54, 1.807) is 7.11 Å². The lowest BCUT2D eigenvalue weighted by molar-refractivity contribution is -0.263. The number of methoxy groups -OCH3 is 2. The second-order valence-electron chi connectivity index (χ2n) is 6.04. The van der Waals surface area contributed by atoms with Crippen molar-refractivity contribution >= 4 is 5.97 Å². The van der Waals surface area contributed by atoms with Crippen molar-refractivity contribution in [2.75, 3.05) is 14.2 Å². The van der Waals surface area contributed by atoms with Gasteiger partial charge in [0.2, 0.25) is 0 Å². The Morgan fingerprint density at radius 1 is 1.13 bits per heavy atom. The van der Waals surface area contributed by atoms with E-state index in [-0.39, 0.29) is 42.7 Å². The second kappa shape index (κ2) is 8.43. The van der Waals surface area contributed by atoms with Gasteiger partial charge in [0, 0.05) is 18.9 Å². The number of rotatable bonds is 6. The third kappa shape index (κ3) is 4.53. The fourth-order valence-corrected chi connectivity index (χ4v) is 3.09. The van der Waals surface area contributed by atoms with Gasteiger partial charge in [-0.25, -0.2) is 0 Å². The van der Waals surface area contributed by atoms with Gasteiger partial charge in [0.05, 0.1) is 32.3 Å². The molecule has 0 aromatic heterocycles. The molecule has 1 fully saturated rings. The van der Waals surface area contributed by atoms with Crippen molar-refractivity contribution in [3.63, 3.8) is 0 Å². The molecule has 0 amide bonds. The van der Waals surface area contributed by atoms with Crippen molar-refractivity contribution in [2.45, 2.75) is 45.4 Å². The van der Waals surface area contributed by atoms with Crippen LogP contribution in [0.1, 0.15) is 25.8 Å². The predicted octanol–water partition coefficient (Wildman–Crippen LogP) is 2.78. The molecule has 2 rings (SSSR count). The second-order valence-corrected chi connectivity index (χ2v) is 6.04. The van der Waals surface area contributed by atoms with E-state index in [9.17, 15) is 4.79 Å². The molecule has 1 aliphatic rings. The fourth-order valence-electron chi connectivity index (χ4n) is 3.09. The van der Waals surface area contributed by atoms with Crippen LogP contribution >= 0.6 is 0 Å². The van der Waals surface area contributed by atoms with Gasteiger partial charge in [-0.3, -0.25) is 4.79 Å². The number of carbonyl (C=O) groups excluding carboxylic acids is 1. The van der Waals surface area contributed by atoms with Gasteiger partial charge >= 0.3 is 5.97 Å². The van der Waals surface area contributed by atoms with Gasteiger partial charge in [0.1, 0.15) is 0 Å². The predicted molar refractivity (Wildman–Crippen MR) is 85.7 cm³/mol. The summed E-state index contributed by atoms with van der Waals surface area (Å²) in [7, 11) is 3.00. The standard InChI is InChI=1S/C18H26O5/c1-12-15(10-16(19)20-3)23-18(21-4)13(2)17(12)22-11-14-8-6-5-7-9-14/h5-9,12-13,15,17-18H,10-11H2,1-4H3/t12-,13+,15-,17+,18?/m0/s1. The zero-order chi connectivity index (χ0) is 16.8. The number of hydrogen-bond acceptors (Lipinski definition) is 5. The summed E-state index contributed by atoms with van der Waals surface area (Å²) in [5, 5.41) is 0. The fraction of sp³-hybridized carbons (Fsp3) is 0.611. The van der Waals surface area contributed by atoms with Crippen LogP contribution in [0.15, 0.2) is 30.3 Å². The SMILES string of the molecule is COC(=O)C[C@@H]1OC(OC)[C@H](C)[C@H](OCc2ccccc2)[C@H]1C. The molecule has 1 aromatic carbocycles. The lowest BCUT2D eigenvalue weighted by atomic mass is 9.84. The summed E-state index contributed by atoms with van der Waals surface area (Å²) in [5.74, 6) is -0.139. The number of ether oxygens (including phenoxy) is 4. The van der Waals surface area contributed by atoms with Crippen molar-refractivity contribution in [3.05, 3.63) is 35.9 Å². The first-order valence-corrected chi connectivity index (χ1v) is 7.97. The highest BCUT2D eigenvalue weighted by Gasteiger charge is 2.43. The van der Waals surface area contributed by atoms with Crippen LogP contribution in [-0.4, -0.2) is 38.7 Å². The third-order valence-corrected chi connectivity index (χ3v) is 4.47. The molecule has 1 unspecified atom stereocenters. The minimum atomic E-state index is -0.387. The summed E-state index contributed by atoms with van der Waals surface area (Å²) in [4.78, 5) is 11.6. The average molecular weight is 322 g/mol. The number of hydrogen-bond donors (Lipinski definition) is 0. The average Bonchev–Trinajstić information content (AvgIpc) is 2.58. The molecule has 1 aliphatic heterocycles. The molecule has 5 atom stereocenters. The van der Waals surface area contributed by atoms with Crippen LogP contribution < -0.4 is 0 Å². The van der Waals surface area contributed by atoms with E-state index in [0.717, 1.165) is 5.56 Å². The quantitative estimate of drug-likeness (QED) is 0.754. The molecule has 1 heterocycles. The topological polar surface area (TPSA) is 54.0 Å². The van der Waals surface area contributed by atoms with E-state index in [1.807, 2.05) is 37.3 Å². The van der Waals surface area contributed by atoms with Crippen LogP contribution in [0.3, 0.4) is 0 Å². The monoisotopic (exact) mass is 322 g/mol. The molecule has 1 aromatic rings. The van der Waals surface area contributed by atoms with E-state index in [1.165, 1.54) is 7.11 Å². The molecule has 0 aliphatic carbocycles. The van der Waals surface area contributed by atoms with Gasteiger partial charge in [0.15, 0.2) is 6.29 Å². The minimum absolute atomic E-state index is 0.0523. The minimum Gasteiger partial charge on any atom is -0.469 e. The first-order chi connectivity index (χ1) is 11.1. The summed E-state index contributed by atoms with van der Waals surface area (Å²) >= 11 is 0. The first kappa shape index (κ1) is 17.9. The van der Waals surface area contributed by atoms with E-state index in [0.29, 0.717) is 6.61 Å². The zero-order valence-electron chi connectivity index (χ0n) is 14.2. The molecule has 0 radical (unpaired) electrons. The molecule has 128 valence electrons. The Hall–Kier alpha value is -1.43. The van der Waals surface area contributed by atoms with Crippen LogP contribution in [0, 0.1) is 11.8 Å². The highest BCUT2D eigenvalue weighted by Crippen LogP contribution is 2.34. The molecule has 0 N–H and O–H groups in total. The van der Waals surface area contributed by atoms with Gasteiger partial charge in [-0.05, 0) is 5.56 Å². The van der Waals surface area contributed by atoms with E-state index < -0.39 is 0 Å². The van der Waals surface area contributed by atoms with Crippen molar-refractivity contribution < 1.29 is 23.7 Å². The highest BCUT2D eigenvalue weighted by molar-refractivity contribution is 5.69. The van der Waals surface area contributed by atoms with Crippen LogP contribution in [0.5, 0.6) is 0 Å². The van der Waals surface area contributed by atoms with E-state index >= 15 is 0 Å². The van der Waals surface area contributed by atoms with Crippen molar-refractivity contribution in [3.8, 4) is 0 Å². The molecule has 0 spiro atoms. The van der Waals surface area contributed by atoms with Crippen LogP contribution in [-0.2, 0) is 30.3 Å². The Morgan fingerprint density at radius 3 is 2.43 bits per heavy atom. The maximum Gasteiger partial charge on any atom is 0.308 e. The number of benzene rings is 1. The number of carbonyl (C=O) groups is 1.